The third-order valence-corrected chi connectivity index (χ3v) is 8.87. The molecule has 0 heterocycles. The molecule has 9 nitrogen and oxygen atoms in total. The highest BCUT2D eigenvalue weighted by molar-refractivity contribution is 7.92. The van der Waals surface area contributed by atoms with Crippen molar-refractivity contribution in [2.24, 2.45) is 0 Å². The summed E-state index contributed by atoms with van der Waals surface area (Å²) in [5, 5.41) is 3.78. The zero-order valence-corrected chi connectivity index (χ0v) is 25.6. The molecule has 0 bridgehead atoms. The van der Waals surface area contributed by atoms with Gasteiger partial charge in [-0.05, 0) is 49.1 Å². The molecule has 1 aliphatic rings. The second-order valence-corrected chi connectivity index (χ2v) is 12.6. The Morgan fingerprint density at radius 2 is 1.73 bits per heavy atom. The molecule has 3 rings (SSSR count). The highest BCUT2D eigenvalue weighted by atomic mass is 35.5. The first-order chi connectivity index (χ1) is 19.0. The minimum absolute atomic E-state index is 0.0269. The van der Waals surface area contributed by atoms with Gasteiger partial charge in [-0.1, -0.05) is 55.5 Å². The standard InChI is InChI=1S/C28H37Cl2N3O6S/c1-5-24(28(35)31-20-9-7-6-8-10-20)32(17-19-11-13-22(29)23(30)15-19)27(34)18-33(40(4,36)37)25-16-21(38-2)12-14-26(25)39-3/h11-16,20,24H,5-10,17-18H2,1-4H3,(H,31,35). The summed E-state index contributed by atoms with van der Waals surface area (Å²) in [5.74, 6) is -0.195. The number of hydrogen-bond acceptors (Lipinski definition) is 6. The van der Waals surface area contributed by atoms with Crippen molar-refractivity contribution >= 4 is 50.7 Å². The molecular weight excluding hydrogens is 577 g/mol. The van der Waals surface area contributed by atoms with Gasteiger partial charge in [0.05, 0.1) is 36.2 Å². The zero-order valence-electron chi connectivity index (χ0n) is 23.3. The topological polar surface area (TPSA) is 105 Å². The van der Waals surface area contributed by atoms with Crippen molar-refractivity contribution in [2.75, 3.05) is 31.3 Å². The molecular formula is C28H37Cl2N3O6S. The Hall–Kier alpha value is -2.69. The maximum atomic E-state index is 14.0. The van der Waals surface area contributed by atoms with Crippen molar-refractivity contribution in [2.45, 2.75) is 64.1 Å². The maximum absolute atomic E-state index is 14.0. The van der Waals surface area contributed by atoms with Crippen LogP contribution in [0.15, 0.2) is 36.4 Å². The summed E-state index contributed by atoms with van der Waals surface area (Å²) in [6, 6.07) is 8.87. The van der Waals surface area contributed by atoms with Crippen molar-refractivity contribution in [1.82, 2.24) is 10.2 Å². The van der Waals surface area contributed by atoms with Gasteiger partial charge in [-0.15, -0.1) is 0 Å². The van der Waals surface area contributed by atoms with E-state index >= 15 is 0 Å². The van der Waals surface area contributed by atoms with Crippen LogP contribution in [0.5, 0.6) is 11.5 Å². The summed E-state index contributed by atoms with van der Waals surface area (Å²) in [6.07, 6.45) is 6.34. The third kappa shape index (κ3) is 8.17. The zero-order chi connectivity index (χ0) is 29.4. The van der Waals surface area contributed by atoms with E-state index in [1.165, 1.54) is 25.2 Å². The van der Waals surface area contributed by atoms with Gasteiger partial charge in [0.1, 0.15) is 24.1 Å². The van der Waals surface area contributed by atoms with E-state index in [1.54, 1.807) is 30.3 Å². The van der Waals surface area contributed by atoms with Crippen molar-refractivity contribution in [3.05, 3.63) is 52.0 Å². The van der Waals surface area contributed by atoms with Gasteiger partial charge in [-0.3, -0.25) is 13.9 Å². The third-order valence-electron chi connectivity index (χ3n) is 7.01. The van der Waals surface area contributed by atoms with Crippen LogP contribution < -0.4 is 19.1 Å². The monoisotopic (exact) mass is 613 g/mol. The first-order valence-electron chi connectivity index (χ1n) is 13.2. The van der Waals surface area contributed by atoms with Crippen LogP contribution in [0.4, 0.5) is 5.69 Å². The minimum Gasteiger partial charge on any atom is -0.497 e. The molecule has 1 unspecified atom stereocenters. The minimum atomic E-state index is -3.95. The Kier molecular flexibility index (Phi) is 11.4. The van der Waals surface area contributed by atoms with Gasteiger partial charge in [0.25, 0.3) is 0 Å². The number of nitrogens with zero attached hydrogens (tertiary/aromatic N) is 2. The van der Waals surface area contributed by atoms with E-state index in [0.717, 1.165) is 42.7 Å². The molecule has 0 spiro atoms. The lowest BCUT2D eigenvalue weighted by molar-refractivity contribution is -0.140. The molecule has 12 heteroatoms. The highest BCUT2D eigenvalue weighted by Gasteiger charge is 2.33. The number of methoxy groups -OCH3 is 2. The SMILES string of the molecule is CCC(C(=O)NC1CCCCC1)N(Cc1ccc(Cl)c(Cl)c1)C(=O)CN(c1cc(OC)ccc1OC)S(C)(=O)=O. The predicted molar refractivity (Wildman–Crippen MR) is 158 cm³/mol. The fraction of sp³-hybridized carbons (Fsp3) is 0.500. The van der Waals surface area contributed by atoms with Crippen molar-refractivity contribution < 1.29 is 27.5 Å². The van der Waals surface area contributed by atoms with E-state index in [-0.39, 0.29) is 29.9 Å². The molecule has 2 aromatic rings. The molecule has 0 aromatic heterocycles. The number of ether oxygens (including phenoxy) is 2. The quantitative estimate of drug-likeness (QED) is 0.360. The highest BCUT2D eigenvalue weighted by Crippen LogP contribution is 2.34. The number of carbonyl (C=O) groups excluding carboxylic acids is 2. The first-order valence-corrected chi connectivity index (χ1v) is 15.8. The van der Waals surface area contributed by atoms with Gasteiger partial charge in [-0.2, -0.15) is 0 Å². The fourth-order valence-corrected chi connectivity index (χ4v) is 6.05. The second-order valence-electron chi connectivity index (χ2n) is 9.85. The molecule has 2 aromatic carbocycles. The Morgan fingerprint density at radius 1 is 1.02 bits per heavy atom. The smallest absolute Gasteiger partial charge is 0.244 e. The van der Waals surface area contributed by atoms with Gasteiger partial charge in [-0.25, -0.2) is 8.42 Å². The van der Waals surface area contributed by atoms with Crippen molar-refractivity contribution in [3.63, 3.8) is 0 Å². The maximum Gasteiger partial charge on any atom is 0.244 e. The molecule has 0 aliphatic heterocycles. The summed E-state index contributed by atoms with van der Waals surface area (Å²) in [5.41, 5.74) is 0.795. The molecule has 1 fully saturated rings. The van der Waals surface area contributed by atoms with Crippen LogP contribution in [0.2, 0.25) is 10.0 Å². The normalized spacial score (nSPS) is 14.8. The molecule has 1 aliphatic carbocycles. The summed E-state index contributed by atoms with van der Waals surface area (Å²) in [4.78, 5) is 28.9. The van der Waals surface area contributed by atoms with E-state index in [4.69, 9.17) is 32.7 Å². The van der Waals surface area contributed by atoms with E-state index in [2.05, 4.69) is 5.32 Å². The lowest BCUT2D eigenvalue weighted by Gasteiger charge is -2.34. The first kappa shape index (κ1) is 31.8. The number of anilines is 1. The summed E-state index contributed by atoms with van der Waals surface area (Å²) in [7, 11) is -1.09. The number of rotatable bonds is 12. The molecule has 1 N–H and O–H groups in total. The Labute approximate surface area is 246 Å². The van der Waals surface area contributed by atoms with Crippen LogP contribution in [-0.2, 0) is 26.2 Å². The molecule has 40 heavy (non-hydrogen) atoms. The van der Waals surface area contributed by atoms with E-state index in [9.17, 15) is 18.0 Å². The number of amides is 2. The van der Waals surface area contributed by atoms with Crippen LogP contribution in [0.3, 0.4) is 0 Å². The number of carbonyl (C=O) groups is 2. The number of sulfonamides is 1. The van der Waals surface area contributed by atoms with Gasteiger partial charge in [0, 0.05) is 18.7 Å². The average molecular weight is 615 g/mol. The lowest BCUT2D eigenvalue weighted by atomic mass is 9.95. The van der Waals surface area contributed by atoms with Gasteiger partial charge in [0.2, 0.25) is 21.8 Å². The molecule has 0 saturated heterocycles. The fourth-order valence-electron chi connectivity index (χ4n) is 4.88. The van der Waals surface area contributed by atoms with Crippen LogP contribution in [0.25, 0.3) is 0 Å². The second kappa shape index (κ2) is 14.3. The van der Waals surface area contributed by atoms with Gasteiger partial charge >= 0.3 is 0 Å². The molecule has 1 saturated carbocycles. The van der Waals surface area contributed by atoms with Crippen molar-refractivity contribution in [3.8, 4) is 11.5 Å². The van der Waals surface area contributed by atoms with E-state index in [1.807, 2.05) is 6.92 Å². The number of halogens is 2. The summed E-state index contributed by atoms with van der Waals surface area (Å²) < 4.78 is 37.6. The number of hydrogen-bond donors (Lipinski definition) is 1. The Bertz CT molecular complexity index is 1300. The van der Waals surface area contributed by atoms with Gasteiger partial charge in [0.15, 0.2) is 0 Å². The summed E-state index contributed by atoms with van der Waals surface area (Å²) >= 11 is 12.3. The molecule has 0 radical (unpaired) electrons. The van der Waals surface area contributed by atoms with Crippen LogP contribution in [-0.4, -0.2) is 64.2 Å². The van der Waals surface area contributed by atoms with E-state index in [0.29, 0.717) is 27.8 Å². The predicted octanol–water partition coefficient (Wildman–Crippen LogP) is 5.03. The van der Waals surface area contributed by atoms with Gasteiger partial charge < -0.3 is 19.7 Å². The molecule has 220 valence electrons. The van der Waals surface area contributed by atoms with Crippen LogP contribution in [0.1, 0.15) is 51.0 Å². The van der Waals surface area contributed by atoms with E-state index < -0.39 is 28.5 Å². The summed E-state index contributed by atoms with van der Waals surface area (Å²) in [6.45, 7) is 1.29. The Morgan fingerprint density at radius 3 is 2.30 bits per heavy atom. The number of benzene rings is 2. The molecule has 1 atom stereocenters. The van der Waals surface area contributed by atoms with Crippen LogP contribution >= 0.6 is 23.2 Å². The Balaban J connectivity index is 1.99. The average Bonchev–Trinajstić information content (AvgIpc) is 2.93. The lowest BCUT2D eigenvalue weighted by Crippen LogP contribution is -2.54. The largest absolute Gasteiger partial charge is 0.497 e. The number of nitrogens with one attached hydrogen (secondary N) is 1. The van der Waals surface area contributed by atoms with Crippen molar-refractivity contribution in [1.29, 1.82) is 0 Å². The van der Waals surface area contributed by atoms with Crippen LogP contribution in [0, 0.1) is 0 Å². The molecule has 2 amide bonds.